The van der Waals surface area contributed by atoms with Gasteiger partial charge in [-0.3, -0.25) is 4.79 Å². The van der Waals surface area contributed by atoms with E-state index in [1.807, 2.05) is 60.7 Å². The van der Waals surface area contributed by atoms with Gasteiger partial charge in [0.15, 0.2) is 0 Å². The zero-order chi connectivity index (χ0) is 19.1. The van der Waals surface area contributed by atoms with Crippen molar-refractivity contribution in [2.45, 2.75) is 25.6 Å². The van der Waals surface area contributed by atoms with Gasteiger partial charge in [-0.25, -0.2) is 0 Å². The minimum atomic E-state index is -0.741. The lowest BCUT2D eigenvalue weighted by molar-refractivity contribution is -0.146. The number of hydrogen-bond acceptors (Lipinski definition) is 4. The maximum Gasteiger partial charge on any atom is 0.248 e. The number of nitrogens with zero attached hydrogens (tertiary/aromatic N) is 1. The number of carbonyl (C=O) groups excluding carboxylic acids is 1. The maximum absolute atomic E-state index is 12.6. The highest BCUT2D eigenvalue weighted by atomic mass is 16.5. The Kier molecular flexibility index (Phi) is 6.61. The molecule has 0 aliphatic carbocycles. The van der Waals surface area contributed by atoms with E-state index in [1.165, 1.54) is 0 Å². The topological polar surface area (TPSA) is 70.0 Å². The summed E-state index contributed by atoms with van der Waals surface area (Å²) in [4.78, 5) is 14.3. The van der Waals surface area contributed by atoms with Crippen LogP contribution < -0.4 is 0 Å². The molecular weight excluding hydrogens is 342 g/mol. The number of piperidine rings is 1. The predicted octanol–water partition coefficient (Wildman–Crippen LogP) is 2.02. The minimum absolute atomic E-state index is 0.00215. The molecule has 1 aliphatic heterocycles. The summed E-state index contributed by atoms with van der Waals surface area (Å²) in [5.41, 5.74) is 1.32. The molecule has 1 fully saturated rings. The molecule has 3 rings (SSSR count). The largest absolute Gasteiger partial charge is 0.396 e. The second kappa shape index (κ2) is 9.13. The molecule has 2 aromatic rings. The summed E-state index contributed by atoms with van der Waals surface area (Å²) in [5, 5.41) is 20.6. The van der Waals surface area contributed by atoms with Gasteiger partial charge in [0, 0.05) is 18.5 Å². The Morgan fingerprint density at radius 2 is 1.70 bits per heavy atom. The number of likely N-dealkylation sites (tertiary alicyclic amines) is 1. The normalized spacial score (nSPS) is 22.6. The van der Waals surface area contributed by atoms with Crippen molar-refractivity contribution in [2.24, 2.45) is 5.41 Å². The fraction of sp³-hybridized carbons (Fsp3) is 0.409. The molecule has 27 heavy (non-hydrogen) atoms. The molecule has 5 nitrogen and oxygen atoms in total. The van der Waals surface area contributed by atoms with E-state index < -0.39 is 11.5 Å². The molecule has 144 valence electrons. The highest BCUT2D eigenvalue weighted by molar-refractivity contribution is 5.77. The van der Waals surface area contributed by atoms with Crippen LogP contribution in [0.25, 0.3) is 0 Å². The van der Waals surface area contributed by atoms with Gasteiger partial charge >= 0.3 is 0 Å². The molecule has 0 aromatic heterocycles. The Labute approximate surface area is 160 Å². The molecule has 0 spiro atoms. The molecule has 0 radical (unpaired) electrons. The van der Waals surface area contributed by atoms with Gasteiger partial charge in [-0.15, -0.1) is 0 Å². The first-order valence-electron chi connectivity index (χ1n) is 9.35. The van der Waals surface area contributed by atoms with E-state index in [4.69, 9.17) is 4.74 Å². The van der Waals surface area contributed by atoms with Crippen LogP contribution in [0.1, 0.15) is 17.5 Å². The van der Waals surface area contributed by atoms with Crippen molar-refractivity contribution in [3.8, 4) is 0 Å². The summed E-state index contributed by atoms with van der Waals surface area (Å²) in [7, 11) is 0. The highest BCUT2D eigenvalue weighted by Gasteiger charge is 2.43. The van der Waals surface area contributed by atoms with Crippen LogP contribution in [0.5, 0.6) is 0 Å². The van der Waals surface area contributed by atoms with Gasteiger partial charge in [-0.1, -0.05) is 60.7 Å². The SMILES string of the molecule is O=C(COCc1ccccc1)N1CC[C@H](O)[C@](CO)(Cc2ccccc2)C1. The average Bonchev–Trinajstić information content (AvgIpc) is 2.71. The molecule has 2 aromatic carbocycles. The third-order valence-electron chi connectivity index (χ3n) is 5.29. The molecule has 1 amide bonds. The first-order valence-corrected chi connectivity index (χ1v) is 9.35. The lowest BCUT2D eigenvalue weighted by Crippen LogP contribution is -2.56. The van der Waals surface area contributed by atoms with Crippen LogP contribution in [0.2, 0.25) is 0 Å². The fourth-order valence-electron chi connectivity index (χ4n) is 3.67. The average molecular weight is 369 g/mol. The zero-order valence-corrected chi connectivity index (χ0v) is 15.5. The van der Waals surface area contributed by atoms with E-state index in [2.05, 4.69) is 0 Å². The Morgan fingerprint density at radius 3 is 2.33 bits per heavy atom. The molecular formula is C22H27NO4. The van der Waals surface area contributed by atoms with Crippen molar-refractivity contribution < 1.29 is 19.7 Å². The van der Waals surface area contributed by atoms with Crippen LogP contribution in [0.15, 0.2) is 60.7 Å². The second-order valence-electron chi connectivity index (χ2n) is 7.28. The molecule has 1 heterocycles. The van der Waals surface area contributed by atoms with E-state index in [-0.39, 0.29) is 19.1 Å². The molecule has 2 N–H and O–H groups in total. The van der Waals surface area contributed by atoms with Gasteiger partial charge < -0.3 is 19.8 Å². The van der Waals surface area contributed by atoms with Crippen LogP contribution in [0, 0.1) is 5.41 Å². The second-order valence-corrected chi connectivity index (χ2v) is 7.28. The Morgan fingerprint density at radius 1 is 1.07 bits per heavy atom. The quantitative estimate of drug-likeness (QED) is 0.783. The Bertz CT molecular complexity index is 722. The van der Waals surface area contributed by atoms with Gasteiger partial charge in [0.25, 0.3) is 0 Å². The van der Waals surface area contributed by atoms with Crippen molar-refractivity contribution in [2.75, 3.05) is 26.3 Å². The van der Waals surface area contributed by atoms with Gasteiger partial charge in [-0.05, 0) is 24.0 Å². The molecule has 0 bridgehead atoms. The predicted molar refractivity (Wildman–Crippen MR) is 103 cm³/mol. The Hall–Kier alpha value is -2.21. The molecule has 0 saturated carbocycles. The van der Waals surface area contributed by atoms with Crippen molar-refractivity contribution in [3.63, 3.8) is 0 Å². The van der Waals surface area contributed by atoms with Crippen LogP contribution in [-0.2, 0) is 22.6 Å². The van der Waals surface area contributed by atoms with E-state index in [0.29, 0.717) is 32.5 Å². The smallest absolute Gasteiger partial charge is 0.248 e. The number of aliphatic hydroxyl groups is 2. The van der Waals surface area contributed by atoms with E-state index in [9.17, 15) is 15.0 Å². The van der Waals surface area contributed by atoms with E-state index in [0.717, 1.165) is 11.1 Å². The number of ether oxygens (including phenoxy) is 1. The number of aliphatic hydroxyl groups excluding tert-OH is 2. The van der Waals surface area contributed by atoms with Crippen molar-refractivity contribution >= 4 is 5.91 Å². The third-order valence-corrected chi connectivity index (χ3v) is 5.29. The molecule has 1 saturated heterocycles. The lowest BCUT2D eigenvalue weighted by atomic mass is 9.73. The number of benzene rings is 2. The first kappa shape index (κ1) is 19.5. The van der Waals surface area contributed by atoms with Crippen molar-refractivity contribution in [1.29, 1.82) is 0 Å². The van der Waals surface area contributed by atoms with E-state index >= 15 is 0 Å². The maximum atomic E-state index is 12.6. The summed E-state index contributed by atoms with van der Waals surface area (Å²) in [5.74, 6) is -0.108. The minimum Gasteiger partial charge on any atom is -0.396 e. The summed E-state index contributed by atoms with van der Waals surface area (Å²) < 4.78 is 5.57. The van der Waals surface area contributed by atoms with Gasteiger partial charge in [-0.2, -0.15) is 0 Å². The standard InChI is InChI=1S/C22H27NO4/c24-17-22(13-18-7-3-1-4-8-18)16-23(12-11-20(22)25)21(26)15-27-14-19-9-5-2-6-10-19/h1-10,20,24-25H,11-17H2/t20-,22+/m0/s1. The lowest BCUT2D eigenvalue weighted by Gasteiger charge is -2.45. The summed E-state index contributed by atoms with van der Waals surface area (Å²) in [6, 6.07) is 19.5. The third kappa shape index (κ3) is 4.95. The Balaban J connectivity index is 1.60. The number of carbonyl (C=O) groups is 1. The molecule has 5 heteroatoms. The monoisotopic (exact) mass is 369 g/mol. The highest BCUT2D eigenvalue weighted by Crippen LogP contribution is 2.34. The first-order chi connectivity index (χ1) is 13.1. The molecule has 1 aliphatic rings. The molecule has 0 unspecified atom stereocenters. The van der Waals surface area contributed by atoms with Crippen LogP contribution >= 0.6 is 0 Å². The summed E-state index contributed by atoms with van der Waals surface area (Å²) >= 11 is 0. The van der Waals surface area contributed by atoms with Crippen LogP contribution in [-0.4, -0.2) is 53.4 Å². The van der Waals surface area contributed by atoms with Crippen LogP contribution in [0.4, 0.5) is 0 Å². The molecule has 2 atom stereocenters. The number of rotatable bonds is 7. The number of amides is 1. The zero-order valence-electron chi connectivity index (χ0n) is 15.5. The van der Waals surface area contributed by atoms with Gasteiger partial charge in [0.2, 0.25) is 5.91 Å². The fourth-order valence-corrected chi connectivity index (χ4v) is 3.67. The van der Waals surface area contributed by atoms with Crippen molar-refractivity contribution in [1.82, 2.24) is 4.90 Å². The number of hydrogen-bond donors (Lipinski definition) is 2. The van der Waals surface area contributed by atoms with Crippen molar-refractivity contribution in [3.05, 3.63) is 71.8 Å². The summed E-state index contributed by atoms with van der Waals surface area (Å²) in [6.45, 7) is 1.02. The van der Waals surface area contributed by atoms with Gasteiger partial charge in [0.1, 0.15) is 6.61 Å². The van der Waals surface area contributed by atoms with Crippen LogP contribution in [0.3, 0.4) is 0 Å². The van der Waals surface area contributed by atoms with E-state index in [1.54, 1.807) is 4.90 Å². The summed E-state index contributed by atoms with van der Waals surface area (Å²) in [6.07, 6.45) is 0.342. The van der Waals surface area contributed by atoms with Gasteiger partial charge in [0.05, 0.1) is 19.3 Å².